The molecule has 0 atom stereocenters. The van der Waals surface area contributed by atoms with Crippen LogP contribution in [0.15, 0.2) is 67.8 Å². The van der Waals surface area contributed by atoms with Crippen molar-refractivity contribution in [3.63, 3.8) is 0 Å². The van der Waals surface area contributed by atoms with Crippen molar-refractivity contribution in [2.24, 2.45) is 0 Å². The van der Waals surface area contributed by atoms with Crippen molar-refractivity contribution in [1.82, 2.24) is 19.9 Å². The van der Waals surface area contributed by atoms with Crippen molar-refractivity contribution in [2.75, 3.05) is 0 Å². The maximum atomic E-state index is 11.5. The Morgan fingerprint density at radius 2 is 1.34 bits per heavy atom. The van der Waals surface area contributed by atoms with Crippen molar-refractivity contribution in [2.45, 2.75) is 60.3 Å². The number of allylic oxidation sites excluding steroid dienone is 5. The third-order valence-electron chi connectivity index (χ3n) is 8.93. The summed E-state index contributed by atoms with van der Waals surface area (Å²) in [6, 6.07) is 18.5. The van der Waals surface area contributed by atoms with Gasteiger partial charge in [0.25, 0.3) is 0 Å². The van der Waals surface area contributed by atoms with E-state index < -0.39 is 11.9 Å². The van der Waals surface area contributed by atoms with Gasteiger partial charge >= 0.3 is 11.9 Å². The normalized spacial score (nSPS) is 12.2. The van der Waals surface area contributed by atoms with Gasteiger partial charge in [-0.1, -0.05) is 73.2 Å². The van der Waals surface area contributed by atoms with E-state index in [1.54, 1.807) is 12.2 Å². The quantitative estimate of drug-likeness (QED) is 0.138. The van der Waals surface area contributed by atoms with Crippen molar-refractivity contribution in [1.29, 1.82) is 0 Å². The fraction of sp³-hybridized carbons (Fsp3) is 0.220. The predicted molar refractivity (Wildman–Crippen MR) is 197 cm³/mol. The number of aromatic nitrogens is 4. The Morgan fingerprint density at radius 1 is 0.760 bits per heavy atom. The third kappa shape index (κ3) is 7.96. The van der Waals surface area contributed by atoms with Crippen LogP contribution in [0.2, 0.25) is 0 Å². The molecule has 0 fully saturated rings. The second-order valence-corrected chi connectivity index (χ2v) is 12.2. The van der Waals surface area contributed by atoms with Gasteiger partial charge in [-0.05, 0) is 62.8 Å². The van der Waals surface area contributed by atoms with Gasteiger partial charge in [-0.3, -0.25) is 9.59 Å². The molecule has 6 rings (SSSR count). The summed E-state index contributed by atoms with van der Waals surface area (Å²) in [5.74, 6) is -1.80. The molecular formula is C41H39FeN4O4-3. The van der Waals surface area contributed by atoms with Crippen LogP contribution in [0, 0.1) is 26.8 Å². The summed E-state index contributed by atoms with van der Waals surface area (Å²) >= 11 is 0. The number of aliphatic carboxylic acids is 2. The molecule has 1 aromatic carbocycles. The van der Waals surface area contributed by atoms with E-state index in [4.69, 9.17) is 19.9 Å². The van der Waals surface area contributed by atoms with Gasteiger partial charge in [0, 0.05) is 35.5 Å². The maximum absolute atomic E-state index is 11.5. The van der Waals surface area contributed by atoms with Crippen LogP contribution in [-0.4, -0.2) is 32.1 Å². The Labute approximate surface area is 302 Å². The molecule has 4 aromatic rings. The molecule has 0 radical (unpaired) electrons. The molecule has 9 heteroatoms. The summed E-state index contributed by atoms with van der Waals surface area (Å²) in [6.07, 6.45) is 4.06. The van der Waals surface area contributed by atoms with Gasteiger partial charge < -0.3 is 20.2 Å². The molecule has 5 heterocycles. The Morgan fingerprint density at radius 3 is 1.94 bits per heavy atom. The zero-order chi connectivity index (χ0) is 35.4. The number of rotatable bonds is 8. The molecule has 8 bridgehead atoms. The second kappa shape index (κ2) is 16.0. The van der Waals surface area contributed by atoms with E-state index in [0.29, 0.717) is 40.8 Å². The standard InChI is InChI=1S/C34H34N4O4.C7H7.Fe/c1-7-21-17(3)25-13-26-19(5)23(9-11-33(39)40)31(37-26)16-32-24(10-12-34(41)42)20(6)28(38-32)15-30-22(8-2)18(4)27(36-30)14-29(21)35-25;1-7-5-3-2-4-6-7;/h7-8,13-16H,1-2,9-12H2,3-6H3,(H4,35,36,37,38,39,40,41,42);2-3,5-6H,1H3;/q;-1;/p-2. The summed E-state index contributed by atoms with van der Waals surface area (Å²) < 4.78 is 0. The Bertz CT molecular complexity index is 2220. The molecule has 0 aliphatic carbocycles. The minimum Gasteiger partial charge on any atom is -0.657 e. The molecule has 2 aliphatic rings. The minimum atomic E-state index is -0.898. The summed E-state index contributed by atoms with van der Waals surface area (Å²) in [4.78, 5) is 42.7. The molecule has 0 amide bonds. The first-order chi connectivity index (χ1) is 23.4. The zero-order valence-corrected chi connectivity index (χ0v) is 30.0. The molecular weight excluding hydrogens is 668 g/mol. The van der Waals surface area contributed by atoms with Gasteiger partial charge in [-0.15, -0.1) is 22.1 Å². The molecule has 3 aromatic heterocycles. The Kier molecular flexibility index (Phi) is 12.0. The summed E-state index contributed by atoms with van der Waals surface area (Å²) in [5.41, 5.74) is 13.9. The van der Waals surface area contributed by atoms with E-state index in [1.807, 2.05) is 70.2 Å². The molecule has 8 nitrogen and oxygen atoms in total. The van der Waals surface area contributed by atoms with Crippen LogP contribution in [-0.2, 0) is 33.1 Å². The minimum absolute atomic E-state index is 0. The van der Waals surface area contributed by atoms with Gasteiger partial charge in [0.15, 0.2) is 0 Å². The van der Waals surface area contributed by atoms with Crippen LogP contribution in [0.5, 0.6) is 0 Å². The number of fused-ring (bicyclic) bond motifs is 8. The van der Waals surface area contributed by atoms with Crippen LogP contribution in [0.3, 0.4) is 0 Å². The first-order valence-electron chi connectivity index (χ1n) is 16.1. The number of hydrogen-bond acceptors (Lipinski definition) is 4. The van der Waals surface area contributed by atoms with Crippen LogP contribution in [0.25, 0.3) is 50.4 Å². The second-order valence-electron chi connectivity index (χ2n) is 12.2. The number of carbonyl (C=O) groups is 2. The van der Waals surface area contributed by atoms with E-state index in [2.05, 4.69) is 32.2 Å². The van der Waals surface area contributed by atoms with Crippen LogP contribution in [0.4, 0.5) is 0 Å². The predicted octanol–water partition coefficient (Wildman–Crippen LogP) is 8.55. The third-order valence-corrected chi connectivity index (χ3v) is 8.93. The zero-order valence-electron chi connectivity index (χ0n) is 28.9. The number of carboxylic acids is 2. The fourth-order valence-electron chi connectivity index (χ4n) is 6.10. The summed E-state index contributed by atoms with van der Waals surface area (Å²) in [7, 11) is 0. The van der Waals surface area contributed by atoms with Gasteiger partial charge in [-0.2, -0.15) is 35.9 Å². The van der Waals surface area contributed by atoms with Gasteiger partial charge in [-0.25, -0.2) is 9.97 Å². The smallest absolute Gasteiger partial charge is 0.303 e. The van der Waals surface area contributed by atoms with Crippen LogP contribution in [0.1, 0.15) is 83.7 Å². The summed E-state index contributed by atoms with van der Waals surface area (Å²) in [6.45, 7) is 17.9. The number of hydrogen-bond donors (Lipinski definition) is 2. The molecule has 50 heavy (non-hydrogen) atoms. The topological polar surface area (TPSA) is 129 Å². The average Bonchev–Trinajstić information content (AvgIpc) is 3.72. The molecule has 0 saturated heterocycles. The maximum Gasteiger partial charge on any atom is 0.303 e. The van der Waals surface area contributed by atoms with Crippen molar-refractivity contribution >= 4 is 62.4 Å². The molecule has 2 N–H and O–H groups in total. The number of nitrogens with zero attached hydrogens (tertiary/aromatic N) is 4. The van der Waals surface area contributed by atoms with Gasteiger partial charge in [0.1, 0.15) is 0 Å². The van der Waals surface area contributed by atoms with Crippen molar-refractivity contribution in [3.05, 3.63) is 124 Å². The molecule has 2 aliphatic heterocycles. The Balaban J connectivity index is 0.000000627. The number of carboxylic acid groups (broad SMARTS) is 2. The average molecular weight is 708 g/mol. The number of aryl methyl sites for hydroxylation is 4. The molecule has 0 unspecified atom stereocenters. The van der Waals surface area contributed by atoms with Gasteiger partial charge in [0.2, 0.25) is 0 Å². The van der Waals surface area contributed by atoms with E-state index >= 15 is 0 Å². The van der Waals surface area contributed by atoms with Crippen LogP contribution >= 0.6 is 0 Å². The first-order valence-corrected chi connectivity index (χ1v) is 16.1. The van der Waals surface area contributed by atoms with E-state index in [-0.39, 0.29) is 29.9 Å². The molecule has 0 saturated carbocycles. The monoisotopic (exact) mass is 707 g/mol. The van der Waals surface area contributed by atoms with Gasteiger partial charge in [0.05, 0.1) is 22.8 Å². The van der Waals surface area contributed by atoms with Crippen molar-refractivity contribution in [3.8, 4) is 0 Å². The van der Waals surface area contributed by atoms with E-state index in [9.17, 15) is 19.8 Å². The Hall–Kier alpha value is -5.24. The summed E-state index contributed by atoms with van der Waals surface area (Å²) in [5, 5.41) is 18.9. The first kappa shape index (κ1) is 37.6. The fourth-order valence-corrected chi connectivity index (χ4v) is 6.10. The van der Waals surface area contributed by atoms with E-state index in [0.717, 1.165) is 61.5 Å². The van der Waals surface area contributed by atoms with Crippen molar-refractivity contribution < 1.29 is 36.9 Å². The molecule has 258 valence electrons. The van der Waals surface area contributed by atoms with Crippen LogP contribution < -0.4 is 9.97 Å². The SMILES string of the molecule is C=CC1=C(C)c2cc3[n-]c(cc4nc(cc5[n-]c(cc1n2)c(C)c5C=C)C(C)=C4CCC(=O)O)c(CCC(=O)O)c3C.Cc1c[c-]ccc1.[Fe]. The van der Waals surface area contributed by atoms with E-state index in [1.165, 1.54) is 5.56 Å². The largest absolute Gasteiger partial charge is 0.657 e. The number of benzene rings is 1. The molecule has 0 spiro atoms.